The third kappa shape index (κ3) is 6.41. The van der Waals surface area contributed by atoms with Crippen molar-refractivity contribution in [2.24, 2.45) is 5.92 Å². The molecule has 2 fully saturated rings. The molecule has 1 heterocycles. The van der Waals surface area contributed by atoms with Crippen molar-refractivity contribution in [3.63, 3.8) is 0 Å². The average Bonchev–Trinajstić information content (AvgIpc) is 3.20. The van der Waals surface area contributed by atoms with E-state index in [1.165, 1.54) is 32.2 Å². The van der Waals surface area contributed by atoms with E-state index in [1.54, 1.807) is 6.08 Å². The quantitative estimate of drug-likeness (QED) is 0.691. The molecule has 1 aliphatic carbocycles. The first-order valence-corrected chi connectivity index (χ1v) is 7.11. The Hall–Kier alpha value is -0.580. The van der Waals surface area contributed by atoms with E-state index in [9.17, 15) is 4.79 Å². The Morgan fingerprint density at radius 2 is 1.95 bits per heavy atom. The molecular formula is C14H26ClN3O. The molecule has 0 radical (unpaired) electrons. The van der Waals surface area contributed by atoms with Gasteiger partial charge in [0, 0.05) is 25.7 Å². The molecule has 1 amide bonds. The number of rotatable bonds is 7. The summed E-state index contributed by atoms with van der Waals surface area (Å²) in [7, 11) is 0. The number of carbonyl (C=O) groups excluding carboxylic acids is 1. The lowest BCUT2D eigenvalue weighted by Gasteiger charge is -2.32. The molecule has 5 heteroatoms. The zero-order chi connectivity index (χ0) is 12.8. The largest absolute Gasteiger partial charge is 0.352 e. The number of hydrogen-bond donors (Lipinski definition) is 2. The van der Waals surface area contributed by atoms with Gasteiger partial charge in [-0.05, 0) is 38.1 Å². The van der Waals surface area contributed by atoms with Gasteiger partial charge in [-0.15, -0.1) is 19.0 Å². The first-order valence-electron chi connectivity index (χ1n) is 7.11. The number of likely N-dealkylation sites (tertiary alicyclic amines) is 1. The van der Waals surface area contributed by atoms with Crippen LogP contribution >= 0.6 is 12.4 Å². The van der Waals surface area contributed by atoms with Gasteiger partial charge in [-0.1, -0.05) is 6.08 Å². The molecule has 110 valence electrons. The Balaban J connectivity index is 0.00000180. The molecule has 0 spiro atoms. The van der Waals surface area contributed by atoms with Crippen molar-refractivity contribution in [2.75, 3.05) is 32.7 Å². The van der Waals surface area contributed by atoms with Gasteiger partial charge in [-0.2, -0.15) is 0 Å². The van der Waals surface area contributed by atoms with Crippen LogP contribution in [0, 0.1) is 5.92 Å². The monoisotopic (exact) mass is 287 g/mol. The van der Waals surface area contributed by atoms with Crippen molar-refractivity contribution in [3.8, 4) is 0 Å². The third-order valence-electron chi connectivity index (χ3n) is 3.79. The fourth-order valence-corrected chi connectivity index (χ4v) is 2.40. The zero-order valence-corrected chi connectivity index (χ0v) is 12.4. The molecule has 4 nitrogen and oxygen atoms in total. The van der Waals surface area contributed by atoms with Crippen LogP contribution in [0.25, 0.3) is 0 Å². The van der Waals surface area contributed by atoms with Crippen molar-refractivity contribution >= 4 is 18.3 Å². The lowest BCUT2D eigenvalue weighted by atomic mass is 10.0. The van der Waals surface area contributed by atoms with Gasteiger partial charge in [0.25, 0.3) is 0 Å². The summed E-state index contributed by atoms with van der Waals surface area (Å²) in [4.78, 5) is 13.8. The minimum atomic E-state index is 0. The third-order valence-corrected chi connectivity index (χ3v) is 3.79. The van der Waals surface area contributed by atoms with E-state index in [0.29, 0.717) is 19.1 Å². The van der Waals surface area contributed by atoms with Crippen LogP contribution in [0.4, 0.5) is 0 Å². The summed E-state index contributed by atoms with van der Waals surface area (Å²) in [6.45, 7) is 7.95. The normalized spacial score (nSPS) is 20.6. The second kappa shape index (κ2) is 8.56. The maximum atomic E-state index is 11.6. The molecule has 2 N–H and O–H groups in total. The number of nitrogens with zero attached hydrogens (tertiary/aromatic N) is 1. The Morgan fingerprint density at radius 1 is 1.26 bits per heavy atom. The summed E-state index contributed by atoms with van der Waals surface area (Å²) in [5, 5.41) is 6.48. The van der Waals surface area contributed by atoms with Crippen LogP contribution in [0.3, 0.4) is 0 Å². The van der Waals surface area contributed by atoms with Crippen LogP contribution < -0.4 is 10.6 Å². The van der Waals surface area contributed by atoms with Gasteiger partial charge in [0.1, 0.15) is 0 Å². The van der Waals surface area contributed by atoms with Gasteiger partial charge in [-0.25, -0.2) is 0 Å². The number of amides is 1. The summed E-state index contributed by atoms with van der Waals surface area (Å²) in [6.07, 6.45) is 6.87. The summed E-state index contributed by atoms with van der Waals surface area (Å²) in [5.41, 5.74) is 0. The fourth-order valence-electron chi connectivity index (χ4n) is 2.40. The van der Waals surface area contributed by atoms with Gasteiger partial charge in [-0.3, -0.25) is 9.69 Å². The molecule has 2 rings (SSSR count). The molecule has 0 aromatic rings. The highest BCUT2D eigenvalue weighted by atomic mass is 35.5. The molecule has 1 aliphatic heterocycles. The topological polar surface area (TPSA) is 44.4 Å². The van der Waals surface area contributed by atoms with Gasteiger partial charge < -0.3 is 10.6 Å². The molecule has 0 bridgehead atoms. The predicted octanol–water partition coefficient (Wildman–Crippen LogP) is 1.17. The summed E-state index contributed by atoms with van der Waals surface area (Å²) in [5.74, 6) is 1.06. The van der Waals surface area contributed by atoms with Crippen molar-refractivity contribution in [1.82, 2.24) is 15.5 Å². The van der Waals surface area contributed by atoms with Gasteiger partial charge in [0.2, 0.25) is 5.91 Å². The molecule has 19 heavy (non-hydrogen) atoms. The minimum Gasteiger partial charge on any atom is -0.352 e. The Morgan fingerprint density at radius 3 is 2.53 bits per heavy atom. The van der Waals surface area contributed by atoms with Crippen LogP contribution in [-0.4, -0.2) is 49.6 Å². The van der Waals surface area contributed by atoms with Crippen molar-refractivity contribution < 1.29 is 4.79 Å². The molecule has 2 aliphatic rings. The van der Waals surface area contributed by atoms with Crippen molar-refractivity contribution in [1.29, 1.82) is 0 Å². The van der Waals surface area contributed by atoms with Crippen LogP contribution in [0.5, 0.6) is 0 Å². The van der Waals surface area contributed by atoms with E-state index >= 15 is 0 Å². The molecule has 1 saturated heterocycles. The molecule has 0 atom stereocenters. The van der Waals surface area contributed by atoms with Crippen LogP contribution in [0.15, 0.2) is 12.7 Å². The van der Waals surface area contributed by atoms with Gasteiger partial charge in [0.15, 0.2) is 0 Å². The van der Waals surface area contributed by atoms with E-state index < -0.39 is 0 Å². The molecule has 0 aromatic carbocycles. The number of nitrogens with one attached hydrogen (secondary N) is 2. The van der Waals surface area contributed by atoms with E-state index in [1.807, 2.05) is 0 Å². The van der Waals surface area contributed by atoms with E-state index in [0.717, 1.165) is 19.0 Å². The van der Waals surface area contributed by atoms with Crippen molar-refractivity contribution in [2.45, 2.75) is 31.7 Å². The highest BCUT2D eigenvalue weighted by Crippen LogP contribution is 2.28. The lowest BCUT2D eigenvalue weighted by molar-refractivity contribution is -0.122. The Bertz CT molecular complexity index is 286. The van der Waals surface area contributed by atoms with Crippen LogP contribution in [0.1, 0.15) is 25.7 Å². The number of carbonyl (C=O) groups is 1. The van der Waals surface area contributed by atoms with E-state index in [4.69, 9.17) is 0 Å². The number of hydrogen-bond acceptors (Lipinski definition) is 3. The van der Waals surface area contributed by atoms with Crippen LogP contribution in [-0.2, 0) is 4.79 Å². The van der Waals surface area contributed by atoms with Crippen molar-refractivity contribution in [3.05, 3.63) is 12.7 Å². The maximum Gasteiger partial charge on any atom is 0.234 e. The summed E-state index contributed by atoms with van der Waals surface area (Å²) >= 11 is 0. The highest BCUT2D eigenvalue weighted by molar-refractivity contribution is 5.85. The molecule has 0 aromatic heterocycles. The predicted molar refractivity (Wildman–Crippen MR) is 80.6 cm³/mol. The highest BCUT2D eigenvalue weighted by Gasteiger charge is 2.24. The number of halogens is 1. The lowest BCUT2D eigenvalue weighted by Crippen LogP contribution is -2.46. The van der Waals surface area contributed by atoms with E-state index in [2.05, 4.69) is 22.1 Å². The SMILES string of the molecule is C=CCNC(=O)CN1CCC(NCC2CC2)CC1.Cl. The van der Waals surface area contributed by atoms with E-state index in [-0.39, 0.29) is 18.3 Å². The Labute approximate surface area is 122 Å². The van der Waals surface area contributed by atoms with Gasteiger partial charge >= 0.3 is 0 Å². The fraction of sp³-hybridized carbons (Fsp3) is 0.786. The van der Waals surface area contributed by atoms with Crippen LogP contribution in [0.2, 0.25) is 0 Å². The van der Waals surface area contributed by atoms with Gasteiger partial charge in [0.05, 0.1) is 6.54 Å². The summed E-state index contributed by atoms with van der Waals surface area (Å²) in [6, 6.07) is 0.665. The molecule has 1 saturated carbocycles. The number of piperidine rings is 1. The first-order chi connectivity index (χ1) is 8.78. The molecular weight excluding hydrogens is 262 g/mol. The summed E-state index contributed by atoms with van der Waals surface area (Å²) < 4.78 is 0. The first kappa shape index (κ1) is 16.5. The maximum absolute atomic E-state index is 11.6. The average molecular weight is 288 g/mol. The minimum absolute atomic E-state index is 0. The zero-order valence-electron chi connectivity index (χ0n) is 11.6. The Kier molecular flexibility index (Phi) is 7.42. The standard InChI is InChI=1S/C14H25N3O.ClH/c1-2-7-15-14(18)11-17-8-5-13(6-9-17)16-10-12-3-4-12;/h2,12-13,16H,1,3-11H2,(H,15,18);1H. The second-order valence-electron chi connectivity index (χ2n) is 5.49. The smallest absolute Gasteiger partial charge is 0.234 e. The second-order valence-corrected chi connectivity index (χ2v) is 5.49. The molecule has 0 unspecified atom stereocenters.